The monoisotopic (exact) mass is 867 g/mol. The number of rotatable bonds is 47. The molecule has 0 aromatic carbocycles. The quantitative estimate of drug-likeness (QED) is 0.0262. The maximum atomic E-state index is 12.8. The van der Waals surface area contributed by atoms with E-state index in [0.29, 0.717) is 19.3 Å². The summed E-state index contributed by atoms with van der Waals surface area (Å²) in [6.07, 6.45) is 62.0. The van der Waals surface area contributed by atoms with Crippen molar-refractivity contribution < 1.29 is 28.6 Å². The van der Waals surface area contributed by atoms with Crippen molar-refractivity contribution in [2.24, 2.45) is 0 Å². The summed E-state index contributed by atoms with van der Waals surface area (Å²) in [5.41, 5.74) is 0. The maximum absolute atomic E-state index is 12.8. The summed E-state index contributed by atoms with van der Waals surface area (Å²) in [6, 6.07) is 0. The highest BCUT2D eigenvalue weighted by molar-refractivity contribution is 5.71. The number of hydrogen-bond donors (Lipinski definition) is 0. The standard InChI is InChI=1S/C56H98O6/c1-4-7-10-13-16-19-22-25-27-29-31-34-37-40-43-46-49-55(58)61-52-53(51-60-54(57)48-45-42-39-36-33-30-24-21-18-15-12-9-6-3)62-56(59)50-47-44-41-38-35-32-28-26-23-20-17-14-11-8-5-2/h8,11,17,20,26-29,35,38,53H,4-7,9-10,12-16,18-19,21-25,30-34,36-37,39-52H2,1-3H3/b11-8-,20-17-,28-26-,29-27-,38-35-. The molecule has 0 bridgehead atoms. The Kier molecular flexibility index (Phi) is 48.4. The minimum atomic E-state index is -0.796. The van der Waals surface area contributed by atoms with Crippen LogP contribution < -0.4 is 0 Å². The van der Waals surface area contributed by atoms with Gasteiger partial charge in [-0.15, -0.1) is 0 Å². The average Bonchev–Trinajstić information content (AvgIpc) is 3.27. The lowest BCUT2D eigenvalue weighted by Gasteiger charge is -2.18. The Morgan fingerprint density at radius 2 is 0.629 bits per heavy atom. The van der Waals surface area contributed by atoms with Gasteiger partial charge in [-0.05, 0) is 83.5 Å². The number of unbranched alkanes of at least 4 members (excludes halogenated alkanes) is 26. The first-order valence-corrected chi connectivity index (χ1v) is 26.3. The molecule has 0 aliphatic rings. The molecule has 0 spiro atoms. The zero-order valence-corrected chi connectivity index (χ0v) is 40.9. The molecule has 0 aromatic heterocycles. The molecular formula is C56H98O6. The van der Waals surface area contributed by atoms with Gasteiger partial charge in [0.25, 0.3) is 0 Å². The van der Waals surface area contributed by atoms with E-state index in [1.165, 1.54) is 128 Å². The topological polar surface area (TPSA) is 78.9 Å². The second kappa shape index (κ2) is 50.8. The average molecular weight is 867 g/mol. The van der Waals surface area contributed by atoms with Gasteiger partial charge in [0.05, 0.1) is 0 Å². The third-order valence-electron chi connectivity index (χ3n) is 11.3. The largest absolute Gasteiger partial charge is 0.462 e. The van der Waals surface area contributed by atoms with Crippen molar-refractivity contribution in [3.05, 3.63) is 60.8 Å². The van der Waals surface area contributed by atoms with E-state index < -0.39 is 6.10 Å². The summed E-state index contributed by atoms with van der Waals surface area (Å²) in [4.78, 5) is 38.0. The molecule has 0 saturated heterocycles. The Hall–Kier alpha value is -2.89. The van der Waals surface area contributed by atoms with Crippen molar-refractivity contribution in [3.8, 4) is 0 Å². The van der Waals surface area contributed by atoms with Crippen LogP contribution in [0.15, 0.2) is 60.8 Å². The normalized spacial score (nSPS) is 12.5. The second-order valence-electron chi connectivity index (χ2n) is 17.4. The fourth-order valence-corrected chi connectivity index (χ4v) is 7.31. The van der Waals surface area contributed by atoms with Crippen LogP contribution in [0, 0.1) is 0 Å². The van der Waals surface area contributed by atoms with E-state index in [9.17, 15) is 14.4 Å². The molecule has 0 aromatic rings. The van der Waals surface area contributed by atoms with Crippen LogP contribution in [0.1, 0.15) is 258 Å². The van der Waals surface area contributed by atoms with Crippen molar-refractivity contribution in [2.45, 2.75) is 264 Å². The van der Waals surface area contributed by atoms with Gasteiger partial charge < -0.3 is 14.2 Å². The first-order chi connectivity index (χ1) is 30.5. The van der Waals surface area contributed by atoms with Gasteiger partial charge in [0, 0.05) is 19.3 Å². The van der Waals surface area contributed by atoms with Crippen LogP contribution in [-0.2, 0) is 28.6 Å². The Morgan fingerprint density at radius 1 is 0.339 bits per heavy atom. The van der Waals surface area contributed by atoms with Gasteiger partial charge in [-0.3, -0.25) is 14.4 Å². The van der Waals surface area contributed by atoms with Crippen molar-refractivity contribution >= 4 is 17.9 Å². The molecule has 0 saturated carbocycles. The third-order valence-corrected chi connectivity index (χ3v) is 11.3. The van der Waals surface area contributed by atoms with Crippen LogP contribution in [0.5, 0.6) is 0 Å². The van der Waals surface area contributed by atoms with Gasteiger partial charge in [0.1, 0.15) is 13.2 Å². The van der Waals surface area contributed by atoms with Gasteiger partial charge in [-0.25, -0.2) is 0 Å². The van der Waals surface area contributed by atoms with Crippen molar-refractivity contribution in [3.63, 3.8) is 0 Å². The van der Waals surface area contributed by atoms with E-state index in [4.69, 9.17) is 14.2 Å². The first kappa shape index (κ1) is 59.1. The smallest absolute Gasteiger partial charge is 0.306 e. The fourth-order valence-electron chi connectivity index (χ4n) is 7.31. The van der Waals surface area contributed by atoms with E-state index >= 15 is 0 Å². The predicted molar refractivity (Wildman–Crippen MR) is 265 cm³/mol. The molecule has 1 unspecified atom stereocenters. The summed E-state index contributed by atoms with van der Waals surface area (Å²) in [6.45, 7) is 6.49. The summed E-state index contributed by atoms with van der Waals surface area (Å²) < 4.78 is 16.8. The molecule has 0 fully saturated rings. The minimum Gasteiger partial charge on any atom is -0.462 e. The van der Waals surface area contributed by atoms with Crippen LogP contribution >= 0.6 is 0 Å². The molecule has 0 amide bonds. The molecule has 1 atom stereocenters. The van der Waals surface area contributed by atoms with Gasteiger partial charge in [0.2, 0.25) is 0 Å². The third kappa shape index (κ3) is 48.1. The highest BCUT2D eigenvalue weighted by Crippen LogP contribution is 2.15. The number of esters is 3. The lowest BCUT2D eigenvalue weighted by molar-refractivity contribution is -0.167. The van der Waals surface area contributed by atoms with E-state index in [0.717, 1.165) is 83.5 Å². The predicted octanol–water partition coefficient (Wildman–Crippen LogP) is 17.3. The molecule has 0 aliphatic carbocycles. The Morgan fingerprint density at radius 3 is 1.03 bits per heavy atom. The van der Waals surface area contributed by atoms with Crippen LogP contribution in [0.4, 0.5) is 0 Å². The van der Waals surface area contributed by atoms with E-state index in [2.05, 4.69) is 81.5 Å². The Labute approximate surface area is 383 Å². The number of ether oxygens (including phenoxy) is 3. The molecule has 6 heteroatoms. The highest BCUT2D eigenvalue weighted by Gasteiger charge is 2.19. The van der Waals surface area contributed by atoms with Crippen LogP contribution in [0.2, 0.25) is 0 Å². The molecule has 0 rings (SSSR count). The Bertz CT molecular complexity index is 1130. The highest BCUT2D eigenvalue weighted by atomic mass is 16.6. The maximum Gasteiger partial charge on any atom is 0.306 e. The van der Waals surface area contributed by atoms with Crippen molar-refractivity contribution in [1.82, 2.24) is 0 Å². The summed E-state index contributed by atoms with van der Waals surface area (Å²) in [7, 11) is 0. The zero-order valence-electron chi connectivity index (χ0n) is 40.9. The molecule has 0 N–H and O–H groups in total. The molecule has 358 valence electrons. The summed E-state index contributed by atoms with van der Waals surface area (Å²) in [5.74, 6) is -0.936. The number of hydrogen-bond acceptors (Lipinski definition) is 6. The van der Waals surface area contributed by atoms with E-state index in [-0.39, 0.29) is 37.5 Å². The molecule has 62 heavy (non-hydrogen) atoms. The first-order valence-electron chi connectivity index (χ1n) is 26.3. The van der Waals surface area contributed by atoms with Crippen molar-refractivity contribution in [1.29, 1.82) is 0 Å². The lowest BCUT2D eigenvalue weighted by atomic mass is 10.0. The Balaban J connectivity index is 4.44. The molecule has 6 nitrogen and oxygen atoms in total. The van der Waals surface area contributed by atoms with Gasteiger partial charge >= 0.3 is 17.9 Å². The lowest BCUT2D eigenvalue weighted by Crippen LogP contribution is -2.30. The van der Waals surface area contributed by atoms with Crippen LogP contribution in [0.25, 0.3) is 0 Å². The van der Waals surface area contributed by atoms with Gasteiger partial charge in [-0.2, -0.15) is 0 Å². The molecule has 0 heterocycles. The summed E-state index contributed by atoms with van der Waals surface area (Å²) in [5, 5.41) is 0. The SMILES string of the molecule is CC/C=C\C/C=C\C/C=C\C/C=C\CCCCC(=O)OC(COC(=O)CCCCCCC/C=C\CCCCCCCCC)COC(=O)CCCCCCCCCCCCCCC. The summed E-state index contributed by atoms with van der Waals surface area (Å²) >= 11 is 0. The van der Waals surface area contributed by atoms with Gasteiger partial charge in [-0.1, -0.05) is 216 Å². The number of carbonyl (C=O) groups is 3. The van der Waals surface area contributed by atoms with Crippen LogP contribution in [-0.4, -0.2) is 37.2 Å². The van der Waals surface area contributed by atoms with Gasteiger partial charge in [0.15, 0.2) is 6.10 Å². The number of allylic oxidation sites excluding steroid dienone is 10. The van der Waals surface area contributed by atoms with Crippen molar-refractivity contribution in [2.75, 3.05) is 13.2 Å². The molecule has 0 radical (unpaired) electrons. The van der Waals surface area contributed by atoms with E-state index in [1.54, 1.807) is 0 Å². The molecule has 0 aliphatic heterocycles. The number of carbonyl (C=O) groups excluding carboxylic acids is 3. The minimum absolute atomic E-state index is 0.0915. The second-order valence-corrected chi connectivity index (χ2v) is 17.4. The van der Waals surface area contributed by atoms with E-state index in [1.807, 2.05) is 0 Å². The molecular weight excluding hydrogens is 769 g/mol. The fraction of sp³-hybridized carbons (Fsp3) is 0.768. The van der Waals surface area contributed by atoms with Crippen LogP contribution in [0.3, 0.4) is 0 Å². The zero-order chi connectivity index (χ0) is 45.1.